The predicted octanol–water partition coefficient (Wildman–Crippen LogP) is 4.03. The molecule has 0 spiro atoms. The molecule has 0 unspecified atom stereocenters. The van der Waals surface area contributed by atoms with Crippen molar-refractivity contribution in [2.24, 2.45) is 17.6 Å². The van der Waals surface area contributed by atoms with Gasteiger partial charge in [0.1, 0.15) is 15.8 Å². The monoisotopic (exact) mass is 604 g/mol. The van der Waals surface area contributed by atoms with Crippen LogP contribution in [0.25, 0.3) is 0 Å². The van der Waals surface area contributed by atoms with Crippen molar-refractivity contribution in [3.05, 3.63) is 107 Å². The van der Waals surface area contributed by atoms with Gasteiger partial charge in [0.25, 0.3) is 0 Å². The molecule has 0 saturated carbocycles. The fraction of sp³-hybridized carbons (Fsp3) is 0.281. The van der Waals surface area contributed by atoms with Crippen LogP contribution in [-0.4, -0.2) is 46.5 Å². The van der Waals surface area contributed by atoms with Crippen LogP contribution in [0.5, 0.6) is 0 Å². The van der Waals surface area contributed by atoms with Crippen LogP contribution >= 0.6 is 23.2 Å². The third-order valence-corrected chi connectivity index (χ3v) is 9.86. The second kappa shape index (κ2) is 10.1. The molecule has 1 saturated heterocycles. The fourth-order valence-electron chi connectivity index (χ4n) is 6.80. The standard InChI is InChI=1S/C32H26Cl2N2O6/c1-2-23(27(38)17-10-4-3-5-11-17)42-30(41)22(16-24(35)37)36-28(39)25-26(29(36)40)32(34)19-13-7-6-12-18(19)31(25,33)20-14-8-9-15-21(20)32/h3-15,22-23,25-26H,2,16H2,1H3,(H2,35,37)/t22-,23+,25+,26+,31?,32?/m1/s1. The van der Waals surface area contributed by atoms with Crippen molar-refractivity contribution in [3.8, 4) is 0 Å². The van der Waals surface area contributed by atoms with Crippen LogP contribution in [-0.2, 0) is 33.7 Å². The molecule has 2 N–H and O–H groups in total. The lowest BCUT2D eigenvalue weighted by Gasteiger charge is -2.54. The summed E-state index contributed by atoms with van der Waals surface area (Å²) in [5.74, 6) is -6.37. The third kappa shape index (κ3) is 3.78. The topological polar surface area (TPSA) is 124 Å². The minimum Gasteiger partial charge on any atom is -0.452 e. The Morgan fingerprint density at radius 3 is 1.64 bits per heavy atom. The van der Waals surface area contributed by atoms with Crippen LogP contribution in [0.15, 0.2) is 78.9 Å². The molecule has 1 fully saturated rings. The van der Waals surface area contributed by atoms with Crippen molar-refractivity contribution in [2.45, 2.75) is 41.7 Å². The van der Waals surface area contributed by atoms with Gasteiger partial charge >= 0.3 is 5.97 Å². The number of imide groups is 1. The summed E-state index contributed by atoms with van der Waals surface area (Å²) in [6, 6.07) is 20.8. The lowest BCUT2D eigenvalue weighted by atomic mass is 9.54. The summed E-state index contributed by atoms with van der Waals surface area (Å²) in [6.07, 6.45) is -1.79. The highest BCUT2D eigenvalue weighted by Gasteiger charge is 2.74. The maximum absolute atomic E-state index is 14.3. The zero-order chi connectivity index (χ0) is 30.0. The zero-order valence-electron chi connectivity index (χ0n) is 22.5. The van der Waals surface area contributed by atoms with Gasteiger partial charge in [-0.05, 0) is 28.7 Å². The quantitative estimate of drug-likeness (QED) is 0.179. The number of likely N-dealkylation sites (tertiary alicyclic amines) is 1. The van der Waals surface area contributed by atoms with Crippen LogP contribution < -0.4 is 5.73 Å². The van der Waals surface area contributed by atoms with Crippen molar-refractivity contribution >= 4 is 52.7 Å². The molecule has 1 aliphatic heterocycles. The normalized spacial score (nSPS) is 26.6. The first-order valence-electron chi connectivity index (χ1n) is 13.6. The van der Waals surface area contributed by atoms with Gasteiger partial charge in [0.2, 0.25) is 23.5 Å². The van der Waals surface area contributed by atoms with E-state index in [0.29, 0.717) is 27.8 Å². The lowest BCUT2D eigenvalue weighted by molar-refractivity contribution is -0.162. The minimum absolute atomic E-state index is 0.121. The van der Waals surface area contributed by atoms with Crippen LogP contribution in [0.3, 0.4) is 0 Å². The van der Waals surface area contributed by atoms with Crippen molar-refractivity contribution in [3.63, 3.8) is 0 Å². The molecular formula is C32H26Cl2N2O6. The number of benzene rings is 3. The molecule has 214 valence electrons. The molecule has 3 aliphatic carbocycles. The number of ketones is 1. The SMILES string of the molecule is CC[C@H](OC(=O)[C@@H](CC(N)=O)N1C(=O)[C@@H]2[C@@H](C1=O)C1(Cl)c3ccccc3C2(Cl)c2ccccc21)C(=O)c1ccccc1. The molecule has 3 aromatic carbocycles. The highest BCUT2D eigenvalue weighted by atomic mass is 35.5. The van der Waals surface area contributed by atoms with Crippen molar-refractivity contribution < 1.29 is 28.7 Å². The van der Waals surface area contributed by atoms with Crippen LogP contribution in [0.4, 0.5) is 0 Å². The number of amides is 3. The van der Waals surface area contributed by atoms with Gasteiger partial charge in [-0.2, -0.15) is 0 Å². The molecule has 2 bridgehead atoms. The second-order valence-electron chi connectivity index (χ2n) is 10.8. The van der Waals surface area contributed by atoms with Crippen LogP contribution in [0.2, 0.25) is 0 Å². The Hall–Kier alpha value is -4.01. The van der Waals surface area contributed by atoms with E-state index in [1.54, 1.807) is 85.8 Å². The number of esters is 1. The molecule has 42 heavy (non-hydrogen) atoms. The number of primary amides is 1. The first kappa shape index (κ1) is 28.1. The molecular weight excluding hydrogens is 579 g/mol. The molecule has 7 rings (SSSR count). The Morgan fingerprint density at radius 1 is 0.810 bits per heavy atom. The van der Waals surface area contributed by atoms with Crippen LogP contribution in [0, 0.1) is 11.8 Å². The Bertz CT molecular complexity index is 1540. The van der Waals surface area contributed by atoms with Gasteiger partial charge in [-0.25, -0.2) is 4.79 Å². The Morgan fingerprint density at radius 2 is 1.24 bits per heavy atom. The summed E-state index contributed by atoms with van der Waals surface area (Å²) in [5.41, 5.74) is 8.20. The number of nitrogens with zero attached hydrogens (tertiary/aromatic N) is 1. The Kier molecular flexibility index (Phi) is 6.74. The van der Waals surface area contributed by atoms with Gasteiger partial charge in [-0.15, -0.1) is 23.2 Å². The van der Waals surface area contributed by atoms with E-state index in [4.69, 9.17) is 33.7 Å². The number of carbonyl (C=O) groups excluding carboxylic acids is 5. The summed E-state index contributed by atoms with van der Waals surface area (Å²) in [6.45, 7) is 1.66. The van der Waals surface area contributed by atoms with Gasteiger partial charge in [0.05, 0.1) is 18.3 Å². The zero-order valence-corrected chi connectivity index (χ0v) is 24.0. The van der Waals surface area contributed by atoms with E-state index in [1.807, 2.05) is 0 Å². The second-order valence-corrected chi connectivity index (χ2v) is 12.0. The number of rotatable bonds is 8. The molecule has 1 heterocycles. The summed E-state index contributed by atoms with van der Waals surface area (Å²) in [5, 5.41) is 0. The predicted molar refractivity (Wildman–Crippen MR) is 154 cm³/mol. The van der Waals surface area contributed by atoms with E-state index in [-0.39, 0.29) is 6.42 Å². The van der Waals surface area contributed by atoms with E-state index < -0.39 is 69.6 Å². The number of Topliss-reactive ketones (excluding diaryl/α,β-unsaturated/α-hetero) is 1. The summed E-state index contributed by atoms with van der Waals surface area (Å²) in [4.78, 5) is 65.3. The van der Waals surface area contributed by atoms with Crippen molar-refractivity contribution in [2.75, 3.05) is 0 Å². The van der Waals surface area contributed by atoms with E-state index in [2.05, 4.69) is 0 Å². The number of halogens is 2. The smallest absolute Gasteiger partial charge is 0.330 e. The van der Waals surface area contributed by atoms with E-state index in [9.17, 15) is 24.0 Å². The maximum Gasteiger partial charge on any atom is 0.330 e. The van der Waals surface area contributed by atoms with E-state index in [0.717, 1.165) is 4.90 Å². The number of hydrogen-bond acceptors (Lipinski definition) is 6. The summed E-state index contributed by atoms with van der Waals surface area (Å²) in [7, 11) is 0. The largest absolute Gasteiger partial charge is 0.452 e. The number of hydrogen-bond donors (Lipinski definition) is 1. The summed E-state index contributed by atoms with van der Waals surface area (Å²) < 4.78 is 5.58. The van der Waals surface area contributed by atoms with Gasteiger partial charge in [0.15, 0.2) is 6.10 Å². The summed E-state index contributed by atoms with van der Waals surface area (Å²) >= 11 is 14.9. The fourth-order valence-corrected chi connectivity index (χ4v) is 7.89. The highest BCUT2D eigenvalue weighted by Crippen LogP contribution is 2.69. The van der Waals surface area contributed by atoms with Crippen LogP contribution in [0.1, 0.15) is 52.4 Å². The Labute approximate surface area is 251 Å². The number of ether oxygens (including phenoxy) is 1. The van der Waals surface area contributed by atoms with Gasteiger partial charge < -0.3 is 10.5 Å². The minimum atomic E-state index is -1.71. The van der Waals surface area contributed by atoms with Gasteiger partial charge in [-0.1, -0.05) is 85.8 Å². The average Bonchev–Trinajstić information content (AvgIpc) is 3.27. The molecule has 0 aromatic heterocycles. The molecule has 4 aliphatic rings. The lowest BCUT2D eigenvalue weighted by Crippen LogP contribution is -2.57. The molecule has 10 heteroatoms. The molecule has 3 amide bonds. The first-order valence-corrected chi connectivity index (χ1v) is 14.3. The highest BCUT2D eigenvalue weighted by molar-refractivity contribution is 6.36. The number of alkyl halides is 2. The molecule has 4 atom stereocenters. The molecule has 0 radical (unpaired) electrons. The first-order chi connectivity index (χ1) is 20.1. The van der Waals surface area contributed by atoms with Gasteiger partial charge in [0, 0.05) is 5.56 Å². The Balaban J connectivity index is 1.42. The molecule has 8 nitrogen and oxygen atoms in total. The van der Waals surface area contributed by atoms with Crippen molar-refractivity contribution in [1.29, 1.82) is 0 Å². The van der Waals surface area contributed by atoms with E-state index >= 15 is 0 Å². The third-order valence-electron chi connectivity index (χ3n) is 8.58. The molecule has 3 aromatic rings. The van der Waals surface area contributed by atoms with E-state index in [1.165, 1.54) is 0 Å². The number of carbonyl (C=O) groups is 5. The number of nitrogens with two attached hydrogens (primary N) is 1. The van der Waals surface area contributed by atoms with Gasteiger partial charge in [-0.3, -0.25) is 24.1 Å². The average molecular weight is 605 g/mol. The van der Waals surface area contributed by atoms with Crippen molar-refractivity contribution in [1.82, 2.24) is 4.90 Å². The maximum atomic E-state index is 14.3.